The average Bonchev–Trinajstić information content (AvgIpc) is 3.34. The van der Waals surface area contributed by atoms with E-state index in [1.807, 2.05) is 13.8 Å². The lowest BCUT2D eigenvalue weighted by atomic mass is 9.97. The highest BCUT2D eigenvalue weighted by molar-refractivity contribution is 5.73. The summed E-state index contributed by atoms with van der Waals surface area (Å²) in [6, 6.07) is 0. The Morgan fingerprint density at radius 2 is 1.31 bits per heavy atom. The maximum atomic E-state index is 13.4. The van der Waals surface area contributed by atoms with Gasteiger partial charge in [0.1, 0.15) is 37.6 Å². The Hall–Kier alpha value is -2.40. The van der Waals surface area contributed by atoms with Crippen LogP contribution >= 0.6 is 0 Å². The molecule has 51 heavy (non-hydrogen) atoms. The summed E-state index contributed by atoms with van der Waals surface area (Å²) in [4.78, 5) is 52.8. The molecule has 0 aliphatic carbocycles. The Morgan fingerprint density at radius 1 is 0.725 bits per heavy atom. The monoisotopic (exact) mass is 734 g/mol. The van der Waals surface area contributed by atoms with Crippen LogP contribution < -0.4 is 0 Å². The molecule has 11 atom stereocenters. The molecule has 2 aliphatic heterocycles. The molecule has 0 amide bonds. The molecule has 0 spiro atoms. The first-order chi connectivity index (χ1) is 24.0. The third kappa shape index (κ3) is 12.9. The van der Waals surface area contributed by atoms with Gasteiger partial charge in [0.2, 0.25) is 12.1 Å². The van der Waals surface area contributed by atoms with Crippen molar-refractivity contribution >= 4 is 23.9 Å². The zero-order valence-corrected chi connectivity index (χ0v) is 31.5. The molecule has 2 fully saturated rings. The van der Waals surface area contributed by atoms with Crippen LogP contribution in [-0.2, 0) is 52.3 Å². The van der Waals surface area contributed by atoms with E-state index in [0.29, 0.717) is 31.6 Å². The minimum absolute atomic E-state index is 0.0178. The normalized spacial score (nSPS) is 30.5. The summed E-state index contributed by atoms with van der Waals surface area (Å²) in [5.41, 5.74) is 0. The van der Waals surface area contributed by atoms with Crippen LogP contribution in [-0.4, -0.2) is 119 Å². The molecule has 2 saturated heterocycles. The highest BCUT2D eigenvalue weighted by Crippen LogP contribution is 2.38. The molecule has 15 nitrogen and oxygen atoms in total. The van der Waals surface area contributed by atoms with Crippen molar-refractivity contribution in [3.05, 3.63) is 0 Å². The molecule has 0 bridgehead atoms. The molecule has 4 N–H and O–H groups in total. The average molecular weight is 735 g/mol. The molecule has 2 heterocycles. The molecule has 0 aromatic heterocycles. The van der Waals surface area contributed by atoms with Gasteiger partial charge in [-0.25, -0.2) is 0 Å². The SMILES string of the molecule is CCC(C)C(=O)OC[C@H]1O[C@H](O[C@]2(CO)O[C@H](CO)[C@@H](O)[C@@H]2O)[C@H](OC(=O)CCC(C)C)[C@@H](OC(=O)CCCCC(C)C)[C@@H]1OC(=O)C(C)CC. The first kappa shape index (κ1) is 44.8. The van der Waals surface area contributed by atoms with E-state index >= 15 is 0 Å². The van der Waals surface area contributed by atoms with E-state index in [0.717, 1.165) is 12.8 Å². The summed E-state index contributed by atoms with van der Waals surface area (Å²) in [6.07, 6.45) is -9.60. The number of rotatable bonds is 21. The number of hydrogen-bond donors (Lipinski definition) is 4. The number of aliphatic hydroxyl groups excluding tert-OH is 4. The molecule has 2 unspecified atom stereocenters. The molecule has 0 aromatic rings. The van der Waals surface area contributed by atoms with Gasteiger partial charge in [-0.05, 0) is 37.5 Å². The Morgan fingerprint density at radius 3 is 1.86 bits per heavy atom. The third-order valence-corrected chi connectivity index (χ3v) is 9.36. The molecule has 0 radical (unpaired) electrons. The van der Waals surface area contributed by atoms with Crippen LogP contribution in [0.5, 0.6) is 0 Å². The summed E-state index contributed by atoms with van der Waals surface area (Å²) in [5, 5.41) is 41.7. The Kier molecular flexibility index (Phi) is 18.7. The standard InChI is InChI=1S/C36H62O15/c1-9-22(7)33(43)45-18-25-29(49-34(44)23(8)10-2)30(47-26(39)14-12-11-13-20(3)4)31(48-27(40)16-15-21(5)6)35(46-25)51-36(19-38)32(42)28(41)24(17-37)50-36/h20-25,28-32,35,37-38,41-42H,9-19H2,1-8H3/t22?,23?,24-,25-,28-,29-,30+,31-,32+,35-,36+/m1/s1. The molecular formula is C36H62O15. The predicted octanol–water partition coefficient (Wildman–Crippen LogP) is 2.55. The quantitative estimate of drug-likeness (QED) is 0.0758. The molecule has 296 valence electrons. The van der Waals surface area contributed by atoms with E-state index in [1.165, 1.54) is 0 Å². The fourth-order valence-electron chi connectivity index (χ4n) is 5.52. The maximum Gasteiger partial charge on any atom is 0.309 e. The largest absolute Gasteiger partial charge is 0.463 e. The number of carbonyl (C=O) groups excluding carboxylic acids is 4. The van der Waals surface area contributed by atoms with Crippen molar-refractivity contribution in [2.75, 3.05) is 19.8 Å². The molecule has 2 rings (SSSR count). The number of hydrogen-bond acceptors (Lipinski definition) is 15. The molecule has 2 aliphatic rings. The lowest BCUT2D eigenvalue weighted by Crippen LogP contribution is -2.65. The molecule has 0 saturated carbocycles. The van der Waals surface area contributed by atoms with E-state index in [1.54, 1.807) is 27.7 Å². The lowest BCUT2D eigenvalue weighted by Gasteiger charge is -2.46. The fourth-order valence-corrected chi connectivity index (χ4v) is 5.52. The minimum atomic E-state index is -2.41. The van der Waals surface area contributed by atoms with Crippen LogP contribution in [0.15, 0.2) is 0 Å². The Balaban J connectivity index is 2.67. The van der Waals surface area contributed by atoms with Crippen molar-refractivity contribution < 1.29 is 72.8 Å². The highest BCUT2D eigenvalue weighted by Gasteiger charge is 2.60. The number of unbranched alkanes of at least 4 members (excludes halogenated alkanes) is 1. The van der Waals surface area contributed by atoms with Crippen LogP contribution in [0.1, 0.15) is 107 Å². The summed E-state index contributed by atoms with van der Waals surface area (Å²) < 4.78 is 41.2. The molecule has 15 heteroatoms. The zero-order valence-electron chi connectivity index (χ0n) is 31.5. The van der Waals surface area contributed by atoms with Gasteiger partial charge < -0.3 is 53.6 Å². The minimum Gasteiger partial charge on any atom is -0.463 e. The highest BCUT2D eigenvalue weighted by atomic mass is 16.8. The first-order valence-electron chi connectivity index (χ1n) is 18.4. The van der Waals surface area contributed by atoms with Gasteiger partial charge in [-0.2, -0.15) is 0 Å². The van der Waals surface area contributed by atoms with E-state index in [-0.39, 0.29) is 18.8 Å². The summed E-state index contributed by atoms with van der Waals surface area (Å²) in [5.74, 6) is -5.66. The van der Waals surface area contributed by atoms with Crippen molar-refractivity contribution in [2.24, 2.45) is 23.7 Å². The summed E-state index contributed by atoms with van der Waals surface area (Å²) in [6.45, 7) is 12.5. The van der Waals surface area contributed by atoms with Gasteiger partial charge in [0.15, 0.2) is 18.3 Å². The van der Waals surface area contributed by atoms with Crippen LogP contribution in [0.4, 0.5) is 0 Å². The van der Waals surface area contributed by atoms with Crippen molar-refractivity contribution in [1.82, 2.24) is 0 Å². The van der Waals surface area contributed by atoms with E-state index in [4.69, 9.17) is 33.2 Å². The van der Waals surface area contributed by atoms with Crippen LogP contribution in [0.2, 0.25) is 0 Å². The number of ether oxygens (including phenoxy) is 7. The third-order valence-electron chi connectivity index (χ3n) is 9.36. The number of esters is 4. The zero-order chi connectivity index (χ0) is 38.5. The second-order valence-corrected chi connectivity index (χ2v) is 14.5. The Labute approximate surface area is 301 Å². The summed E-state index contributed by atoms with van der Waals surface area (Å²) in [7, 11) is 0. The Bertz CT molecular complexity index is 1100. The van der Waals surface area contributed by atoms with Crippen molar-refractivity contribution in [3.63, 3.8) is 0 Å². The smallest absolute Gasteiger partial charge is 0.309 e. The van der Waals surface area contributed by atoms with Gasteiger partial charge in [0.05, 0.1) is 18.4 Å². The van der Waals surface area contributed by atoms with Crippen molar-refractivity contribution in [2.45, 2.75) is 162 Å². The summed E-state index contributed by atoms with van der Waals surface area (Å²) >= 11 is 0. The topological polar surface area (TPSA) is 214 Å². The first-order valence-corrected chi connectivity index (χ1v) is 18.4. The lowest BCUT2D eigenvalue weighted by molar-refractivity contribution is -0.384. The van der Waals surface area contributed by atoms with Gasteiger partial charge in [0.25, 0.3) is 0 Å². The molecule has 0 aromatic carbocycles. The van der Waals surface area contributed by atoms with Crippen molar-refractivity contribution in [3.8, 4) is 0 Å². The van der Waals surface area contributed by atoms with E-state index < -0.39 is 110 Å². The van der Waals surface area contributed by atoms with Gasteiger partial charge in [-0.1, -0.05) is 68.2 Å². The van der Waals surface area contributed by atoms with Crippen LogP contribution in [0.3, 0.4) is 0 Å². The van der Waals surface area contributed by atoms with Crippen LogP contribution in [0.25, 0.3) is 0 Å². The number of carbonyl (C=O) groups is 4. The van der Waals surface area contributed by atoms with Crippen LogP contribution in [0, 0.1) is 23.7 Å². The van der Waals surface area contributed by atoms with Gasteiger partial charge in [-0.15, -0.1) is 0 Å². The van der Waals surface area contributed by atoms with Gasteiger partial charge in [-0.3, -0.25) is 19.2 Å². The van der Waals surface area contributed by atoms with Gasteiger partial charge >= 0.3 is 23.9 Å². The predicted molar refractivity (Wildman–Crippen MR) is 180 cm³/mol. The van der Waals surface area contributed by atoms with Crippen molar-refractivity contribution in [1.29, 1.82) is 0 Å². The second-order valence-electron chi connectivity index (χ2n) is 14.5. The fraction of sp³-hybridized carbons (Fsp3) is 0.889. The second kappa shape index (κ2) is 21.3. The molecular weight excluding hydrogens is 672 g/mol. The van der Waals surface area contributed by atoms with E-state index in [9.17, 15) is 39.6 Å². The van der Waals surface area contributed by atoms with Gasteiger partial charge in [0, 0.05) is 12.8 Å². The van der Waals surface area contributed by atoms with E-state index in [2.05, 4.69) is 13.8 Å². The maximum absolute atomic E-state index is 13.4. The number of aliphatic hydroxyl groups is 4.